The normalized spacial score (nSPS) is 9.61. The van der Waals surface area contributed by atoms with Crippen molar-refractivity contribution in [2.75, 3.05) is 0 Å². The molecular formula is C16H14ClZr-. The summed E-state index contributed by atoms with van der Waals surface area (Å²) in [6, 6.07) is 21.6. The summed E-state index contributed by atoms with van der Waals surface area (Å²) in [5.74, 6) is 0. The third-order valence-electron chi connectivity index (χ3n) is 2.98. The van der Waals surface area contributed by atoms with Crippen molar-refractivity contribution >= 4 is 23.2 Å². The minimum atomic E-state index is 0. The van der Waals surface area contributed by atoms with Crippen molar-refractivity contribution in [2.24, 2.45) is 0 Å². The Morgan fingerprint density at radius 3 is 2.33 bits per heavy atom. The van der Waals surface area contributed by atoms with Crippen molar-refractivity contribution in [2.45, 2.75) is 6.92 Å². The van der Waals surface area contributed by atoms with Crippen molar-refractivity contribution in [3.8, 4) is 11.1 Å². The minimum Gasteiger partial charge on any atom is -0.165 e. The monoisotopic (exact) mass is 331 g/mol. The number of benzene rings is 2. The first-order chi connectivity index (χ1) is 7.84. The average molecular weight is 333 g/mol. The van der Waals surface area contributed by atoms with Gasteiger partial charge in [0.1, 0.15) is 0 Å². The molecule has 0 saturated carbocycles. The maximum absolute atomic E-state index is 2.26. The number of fused-ring (bicyclic) bond motifs is 1. The molecule has 3 aromatic rings. The molecule has 90 valence electrons. The fourth-order valence-electron chi connectivity index (χ4n) is 2.25. The molecule has 0 unspecified atom stereocenters. The molecular weight excluding hydrogens is 319 g/mol. The van der Waals surface area contributed by atoms with Gasteiger partial charge in [0.15, 0.2) is 0 Å². The zero-order valence-corrected chi connectivity index (χ0v) is 13.5. The summed E-state index contributed by atoms with van der Waals surface area (Å²) in [7, 11) is 0. The van der Waals surface area contributed by atoms with Crippen molar-refractivity contribution in [3.63, 3.8) is 0 Å². The van der Waals surface area contributed by atoms with Crippen LogP contribution in [0, 0.1) is 6.92 Å². The summed E-state index contributed by atoms with van der Waals surface area (Å²) >= 11 is 0. The fraction of sp³-hybridized carbons (Fsp3) is 0.0625. The molecule has 0 bridgehead atoms. The predicted octanol–water partition coefficient (Wildman–Crippen LogP) is 4.95. The zero-order valence-electron chi connectivity index (χ0n) is 10.2. The molecule has 0 aliphatic heterocycles. The van der Waals surface area contributed by atoms with Gasteiger partial charge in [0, 0.05) is 26.2 Å². The Balaban J connectivity index is 0.000000810. The second-order valence-electron chi connectivity index (χ2n) is 4.21. The van der Waals surface area contributed by atoms with E-state index in [2.05, 4.69) is 67.6 Å². The van der Waals surface area contributed by atoms with Crippen LogP contribution in [0.4, 0.5) is 0 Å². The first kappa shape index (κ1) is 15.3. The van der Waals surface area contributed by atoms with Crippen molar-refractivity contribution in [1.29, 1.82) is 0 Å². The van der Waals surface area contributed by atoms with Crippen molar-refractivity contribution < 1.29 is 26.2 Å². The van der Waals surface area contributed by atoms with E-state index >= 15 is 0 Å². The van der Waals surface area contributed by atoms with Gasteiger partial charge < -0.3 is 0 Å². The number of aryl methyl sites for hydroxylation is 1. The van der Waals surface area contributed by atoms with Crippen molar-refractivity contribution in [3.05, 3.63) is 66.2 Å². The Morgan fingerprint density at radius 1 is 0.889 bits per heavy atom. The molecule has 2 heteroatoms. The predicted molar refractivity (Wildman–Crippen MR) is 77.0 cm³/mol. The Hall–Kier alpha value is -0.777. The molecule has 3 aromatic carbocycles. The van der Waals surface area contributed by atoms with Gasteiger partial charge in [-0.3, -0.25) is 0 Å². The first-order valence-electron chi connectivity index (χ1n) is 5.56. The minimum absolute atomic E-state index is 0. The van der Waals surface area contributed by atoms with E-state index < -0.39 is 0 Å². The maximum atomic E-state index is 2.26. The van der Waals surface area contributed by atoms with Gasteiger partial charge in [-0.15, -0.1) is 46.9 Å². The van der Waals surface area contributed by atoms with E-state index in [0.717, 1.165) is 0 Å². The van der Waals surface area contributed by atoms with Crippen LogP contribution in [0.1, 0.15) is 5.56 Å². The fourth-order valence-corrected chi connectivity index (χ4v) is 2.25. The van der Waals surface area contributed by atoms with Gasteiger partial charge >= 0.3 is 0 Å². The number of halogens is 1. The third kappa shape index (κ3) is 2.79. The van der Waals surface area contributed by atoms with Crippen LogP contribution < -0.4 is 0 Å². The molecule has 3 rings (SSSR count). The number of hydrogen-bond donors (Lipinski definition) is 0. The zero-order chi connectivity index (χ0) is 11.0. The van der Waals surface area contributed by atoms with E-state index in [0.29, 0.717) is 0 Å². The van der Waals surface area contributed by atoms with E-state index in [4.69, 9.17) is 0 Å². The van der Waals surface area contributed by atoms with Gasteiger partial charge in [-0.2, -0.15) is 6.07 Å². The van der Waals surface area contributed by atoms with E-state index in [1.165, 1.54) is 27.5 Å². The van der Waals surface area contributed by atoms with Crippen LogP contribution in [0.2, 0.25) is 0 Å². The molecule has 0 saturated heterocycles. The van der Waals surface area contributed by atoms with Crippen LogP contribution in [-0.2, 0) is 26.2 Å². The second-order valence-corrected chi connectivity index (χ2v) is 4.21. The third-order valence-corrected chi connectivity index (χ3v) is 2.98. The molecule has 0 radical (unpaired) electrons. The van der Waals surface area contributed by atoms with Crippen molar-refractivity contribution in [1.82, 2.24) is 0 Å². The molecule has 0 fully saturated rings. The molecule has 0 nitrogen and oxygen atoms in total. The van der Waals surface area contributed by atoms with Crippen LogP contribution >= 0.6 is 12.4 Å². The first-order valence-corrected chi connectivity index (χ1v) is 5.56. The average Bonchev–Trinajstić information content (AvgIpc) is 2.70. The van der Waals surface area contributed by atoms with Gasteiger partial charge in [-0.1, -0.05) is 48.9 Å². The molecule has 0 heterocycles. The van der Waals surface area contributed by atoms with E-state index in [9.17, 15) is 0 Å². The van der Waals surface area contributed by atoms with Crippen LogP contribution in [0.3, 0.4) is 0 Å². The summed E-state index contributed by atoms with van der Waals surface area (Å²) in [4.78, 5) is 0. The van der Waals surface area contributed by atoms with E-state index in [-0.39, 0.29) is 38.6 Å². The largest absolute Gasteiger partial charge is 0.165 e. The molecule has 0 aliphatic carbocycles. The summed E-state index contributed by atoms with van der Waals surface area (Å²) in [5.41, 5.74) is 3.95. The standard InChI is InChI=1S/C16H13.ClH.Zr/c1-12-10-14-8-5-9-15(16(14)11-12)13-6-3-2-4-7-13;;/h2-11H,1H3;1H;/q-1;;. The quantitative estimate of drug-likeness (QED) is 0.553. The van der Waals surface area contributed by atoms with Crippen LogP contribution in [-0.4, -0.2) is 0 Å². The SMILES string of the molecule is Cc1cc2c(-c3ccccc3)cccc2[cH-]1.Cl.[Zr]. The Bertz CT molecular complexity index is 626. The smallest absolute Gasteiger partial charge is 0 e. The van der Waals surface area contributed by atoms with Gasteiger partial charge in [0.25, 0.3) is 0 Å². The van der Waals surface area contributed by atoms with E-state index in [1.807, 2.05) is 0 Å². The van der Waals surface area contributed by atoms with Gasteiger partial charge in [-0.25, -0.2) is 0 Å². The topological polar surface area (TPSA) is 0 Å². The number of rotatable bonds is 1. The molecule has 0 atom stereocenters. The number of hydrogen-bond acceptors (Lipinski definition) is 0. The molecule has 0 aliphatic rings. The molecule has 0 N–H and O–H groups in total. The Morgan fingerprint density at radius 2 is 1.61 bits per heavy atom. The Labute approximate surface area is 133 Å². The second kappa shape index (κ2) is 6.41. The van der Waals surface area contributed by atoms with E-state index in [1.54, 1.807) is 0 Å². The van der Waals surface area contributed by atoms with Crippen LogP contribution in [0.5, 0.6) is 0 Å². The van der Waals surface area contributed by atoms with Gasteiger partial charge in [-0.05, 0) is 5.56 Å². The summed E-state index contributed by atoms with van der Waals surface area (Å²) in [5, 5.41) is 2.69. The maximum Gasteiger partial charge on any atom is 0 e. The molecule has 0 amide bonds. The molecule has 18 heavy (non-hydrogen) atoms. The molecule has 0 aromatic heterocycles. The summed E-state index contributed by atoms with van der Waals surface area (Å²) in [6.07, 6.45) is 0. The summed E-state index contributed by atoms with van der Waals surface area (Å²) < 4.78 is 0. The Kier molecular flexibility index (Phi) is 5.44. The summed E-state index contributed by atoms with van der Waals surface area (Å²) in [6.45, 7) is 2.15. The van der Waals surface area contributed by atoms with Gasteiger partial charge in [0.05, 0.1) is 0 Å². The van der Waals surface area contributed by atoms with Gasteiger partial charge in [0.2, 0.25) is 0 Å². The van der Waals surface area contributed by atoms with Crippen LogP contribution in [0.25, 0.3) is 21.9 Å². The van der Waals surface area contributed by atoms with Crippen LogP contribution in [0.15, 0.2) is 60.7 Å². The molecule has 0 spiro atoms.